The van der Waals surface area contributed by atoms with Gasteiger partial charge in [-0.05, 0) is 0 Å². The quantitative estimate of drug-likeness (QED) is 0.137. The summed E-state index contributed by atoms with van der Waals surface area (Å²) < 4.78 is 0. The van der Waals surface area contributed by atoms with E-state index in [-0.39, 0.29) is 45.5 Å². The number of aliphatic carboxylic acids is 2. The van der Waals surface area contributed by atoms with Crippen LogP contribution >= 0.6 is 0 Å². The molecule has 6 N–H and O–H groups in total. The number of hydrogen-bond acceptors (Lipinski definition) is 12. The van der Waals surface area contributed by atoms with E-state index in [1.54, 1.807) is 0 Å². The minimum atomic E-state index is -1.92. The van der Waals surface area contributed by atoms with Crippen molar-refractivity contribution in [1.29, 1.82) is 0 Å². The van der Waals surface area contributed by atoms with Crippen LogP contribution in [0.5, 0.6) is 0 Å². The van der Waals surface area contributed by atoms with E-state index in [4.69, 9.17) is 30.6 Å². The molecule has 0 bridgehead atoms. The molecule has 0 heterocycles. The zero-order chi connectivity index (χ0) is 19.4. The molecular weight excluding hydrogens is 424 g/mol. The van der Waals surface area contributed by atoms with Gasteiger partial charge in [0.25, 0.3) is 0 Å². The number of hydrogen-bond donors (Lipinski definition) is 6. The van der Waals surface area contributed by atoms with Crippen LogP contribution in [-0.2, 0) is 19.2 Å². The Bertz CT molecular complexity index is 400. The molecule has 0 unspecified atom stereocenters. The maximum Gasteiger partial charge on any atom is 2.00 e. The molecule has 0 aromatic heterocycles. The van der Waals surface area contributed by atoms with Crippen LogP contribution in [0.2, 0.25) is 0 Å². The van der Waals surface area contributed by atoms with E-state index < -0.39 is 74.0 Å². The van der Waals surface area contributed by atoms with Crippen molar-refractivity contribution < 1.29 is 60.0 Å². The SMILES string of the molecule is O=C([O-])C(=O)C[C@H](O)[C@H](O)CO.O=C([O-])C(=O)C[C@H](O)[C@H](O)CO.[Sr+2]. The molecule has 12 nitrogen and oxygen atoms in total. The summed E-state index contributed by atoms with van der Waals surface area (Å²) in [6, 6.07) is 0. The topological polar surface area (TPSA) is 236 Å². The zero-order valence-corrected chi connectivity index (χ0v) is 16.5. The van der Waals surface area contributed by atoms with Crippen molar-refractivity contribution in [1.82, 2.24) is 0 Å². The van der Waals surface area contributed by atoms with Crippen LogP contribution in [0.3, 0.4) is 0 Å². The van der Waals surface area contributed by atoms with Crippen LogP contribution in [0.15, 0.2) is 0 Å². The van der Waals surface area contributed by atoms with Crippen molar-refractivity contribution in [3.8, 4) is 0 Å². The molecule has 0 spiro atoms. The van der Waals surface area contributed by atoms with Crippen molar-refractivity contribution in [3.63, 3.8) is 0 Å². The van der Waals surface area contributed by atoms with Gasteiger partial charge in [0.15, 0.2) is 11.6 Å². The number of carbonyl (C=O) groups excluding carboxylic acids is 4. The third kappa shape index (κ3) is 14.4. The third-order valence-corrected chi connectivity index (χ3v) is 2.51. The van der Waals surface area contributed by atoms with E-state index in [9.17, 15) is 29.4 Å². The standard InChI is InChI=1S/2C6H10O6.Sr/c2*7-2-5(10)3(8)1-4(9)6(11)12;/h2*3,5,7-8,10H,1-2H2,(H,11,12);/q;;+2/p-2/t2*3-,5+;/m00./s1. The van der Waals surface area contributed by atoms with Gasteiger partial charge in [0.1, 0.15) is 24.1 Å². The molecule has 0 aromatic rings. The van der Waals surface area contributed by atoms with Crippen LogP contribution in [0.25, 0.3) is 0 Å². The summed E-state index contributed by atoms with van der Waals surface area (Å²) in [4.78, 5) is 40.4. The van der Waals surface area contributed by atoms with Crippen LogP contribution in [0.1, 0.15) is 12.8 Å². The summed E-state index contributed by atoms with van der Waals surface area (Å²) in [7, 11) is 0. The fourth-order valence-electron chi connectivity index (χ4n) is 1.06. The summed E-state index contributed by atoms with van der Waals surface area (Å²) in [5, 5.41) is 71.2. The number of ketones is 2. The number of carbonyl (C=O) groups is 4. The van der Waals surface area contributed by atoms with E-state index in [1.807, 2.05) is 0 Å². The van der Waals surface area contributed by atoms with Gasteiger partial charge >= 0.3 is 45.5 Å². The number of Topliss-reactive ketones (excluding diaryl/α,β-unsaturated/α-hetero) is 2. The molecule has 0 saturated heterocycles. The maximum atomic E-state index is 10.4. The Hall–Kier alpha value is -0.479. The van der Waals surface area contributed by atoms with E-state index in [1.165, 1.54) is 0 Å². The van der Waals surface area contributed by atoms with E-state index in [2.05, 4.69) is 0 Å². The first-order valence-electron chi connectivity index (χ1n) is 6.40. The molecule has 25 heavy (non-hydrogen) atoms. The Balaban J connectivity index is -0.000000372. The molecular formula is C12H18O12Sr. The molecule has 0 radical (unpaired) electrons. The van der Waals surface area contributed by atoms with Crippen molar-refractivity contribution in [2.45, 2.75) is 37.3 Å². The average Bonchev–Trinajstić information content (AvgIpc) is 2.53. The fourth-order valence-corrected chi connectivity index (χ4v) is 1.06. The monoisotopic (exact) mass is 442 g/mol. The molecule has 0 saturated carbocycles. The number of carboxylic acids is 2. The molecule has 0 rings (SSSR count). The van der Waals surface area contributed by atoms with Gasteiger partial charge in [-0.2, -0.15) is 0 Å². The predicted octanol–water partition coefficient (Wildman–Crippen LogP) is -7.56. The third-order valence-electron chi connectivity index (χ3n) is 2.51. The zero-order valence-electron chi connectivity index (χ0n) is 13.0. The summed E-state index contributed by atoms with van der Waals surface area (Å²) >= 11 is 0. The first-order valence-corrected chi connectivity index (χ1v) is 6.40. The molecule has 4 atom stereocenters. The number of rotatable bonds is 10. The van der Waals surface area contributed by atoms with Crippen molar-refractivity contribution in [2.24, 2.45) is 0 Å². The molecule has 140 valence electrons. The van der Waals surface area contributed by atoms with Crippen LogP contribution in [0.4, 0.5) is 0 Å². The van der Waals surface area contributed by atoms with Gasteiger partial charge in [-0.15, -0.1) is 0 Å². The van der Waals surface area contributed by atoms with Crippen molar-refractivity contribution in [2.75, 3.05) is 13.2 Å². The van der Waals surface area contributed by atoms with Gasteiger partial charge in [-0.25, -0.2) is 0 Å². The summed E-state index contributed by atoms with van der Waals surface area (Å²) in [6.45, 7) is -1.47. The van der Waals surface area contributed by atoms with Crippen LogP contribution < -0.4 is 10.2 Å². The normalized spacial score (nSPS) is 14.6. The van der Waals surface area contributed by atoms with Gasteiger partial charge in [0, 0.05) is 12.8 Å². The number of aliphatic hydroxyl groups excluding tert-OH is 6. The fraction of sp³-hybridized carbons (Fsp3) is 0.667. The van der Waals surface area contributed by atoms with Crippen LogP contribution in [-0.4, -0.2) is 137 Å². The summed E-state index contributed by atoms with van der Waals surface area (Å²) in [5.74, 6) is -6.46. The Labute approximate surface area is 178 Å². The van der Waals surface area contributed by atoms with Gasteiger partial charge in [0.05, 0.1) is 25.4 Å². The molecule has 0 aliphatic rings. The Morgan fingerprint density at radius 3 is 1.04 bits per heavy atom. The van der Waals surface area contributed by atoms with Gasteiger partial charge in [-0.1, -0.05) is 0 Å². The first kappa shape index (κ1) is 29.3. The molecule has 0 amide bonds. The predicted molar refractivity (Wildman–Crippen MR) is 73.2 cm³/mol. The van der Waals surface area contributed by atoms with Gasteiger partial charge < -0.3 is 50.4 Å². The molecule has 0 aliphatic carbocycles. The first-order chi connectivity index (χ1) is 11.0. The second kappa shape index (κ2) is 15.8. The molecule has 13 heteroatoms. The van der Waals surface area contributed by atoms with E-state index >= 15 is 0 Å². The Kier molecular flexibility index (Phi) is 18.5. The largest absolute Gasteiger partial charge is 2.00 e. The minimum Gasteiger partial charge on any atom is -0.542 e. The van der Waals surface area contributed by atoms with Crippen LogP contribution in [0, 0.1) is 0 Å². The number of carboxylic acid groups (broad SMARTS) is 2. The molecule has 0 fully saturated rings. The van der Waals surface area contributed by atoms with Crippen molar-refractivity contribution >= 4 is 69.0 Å². The number of aliphatic hydroxyl groups is 6. The Morgan fingerprint density at radius 1 is 0.640 bits per heavy atom. The average molecular weight is 442 g/mol. The molecule has 0 aromatic carbocycles. The summed E-state index contributed by atoms with van der Waals surface area (Å²) in [6.07, 6.45) is -7.67. The second-order valence-electron chi connectivity index (χ2n) is 4.46. The minimum absolute atomic E-state index is 0. The van der Waals surface area contributed by atoms with Gasteiger partial charge in [-0.3, -0.25) is 9.59 Å². The smallest absolute Gasteiger partial charge is 0.542 e. The Morgan fingerprint density at radius 2 is 0.880 bits per heavy atom. The second-order valence-corrected chi connectivity index (χ2v) is 4.46. The maximum absolute atomic E-state index is 10.4. The van der Waals surface area contributed by atoms with E-state index in [0.29, 0.717) is 0 Å². The van der Waals surface area contributed by atoms with E-state index in [0.717, 1.165) is 0 Å². The van der Waals surface area contributed by atoms with Crippen molar-refractivity contribution in [3.05, 3.63) is 0 Å². The molecule has 0 aliphatic heterocycles. The van der Waals surface area contributed by atoms with Gasteiger partial charge in [0.2, 0.25) is 0 Å². The summed E-state index contributed by atoms with van der Waals surface area (Å²) in [5.41, 5.74) is 0.